The largest absolute Gasteiger partial charge is 0.493 e. The zero-order valence-electron chi connectivity index (χ0n) is 17.4. The van der Waals surface area contributed by atoms with Crippen molar-refractivity contribution in [1.29, 1.82) is 0 Å². The van der Waals surface area contributed by atoms with Gasteiger partial charge in [0, 0.05) is 24.2 Å². The Morgan fingerprint density at radius 2 is 2.16 bits per heavy atom. The molecule has 1 aromatic carbocycles. The van der Waals surface area contributed by atoms with Gasteiger partial charge in [0.25, 0.3) is 5.91 Å². The second kappa shape index (κ2) is 8.62. The number of hydrogen-bond donors (Lipinski definition) is 1. The molecule has 0 bridgehead atoms. The molecular weight excluding hydrogens is 425 g/mol. The first-order chi connectivity index (χ1) is 15.3. The van der Waals surface area contributed by atoms with Gasteiger partial charge in [-0.05, 0) is 38.1 Å². The number of ether oxygens (including phenoxy) is 2. The Kier molecular flexibility index (Phi) is 5.88. The van der Waals surface area contributed by atoms with Crippen LogP contribution in [0.2, 0.25) is 0 Å². The minimum absolute atomic E-state index is 0.0768. The predicted octanol–water partition coefficient (Wildman–Crippen LogP) is 4.40. The molecule has 1 aliphatic rings. The molecule has 10 heteroatoms. The van der Waals surface area contributed by atoms with Crippen molar-refractivity contribution in [3.05, 3.63) is 65.2 Å². The number of carbonyl (C=O) groups excluding carboxylic acids is 1. The molecule has 0 saturated carbocycles. The Hall–Kier alpha value is -3.40. The Morgan fingerprint density at radius 1 is 1.34 bits per heavy atom. The maximum atomic E-state index is 13.4. The number of nitrogens with one attached hydrogen (secondary N) is 1. The quantitative estimate of drug-likeness (QED) is 0.629. The molecule has 0 fully saturated rings. The summed E-state index contributed by atoms with van der Waals surface area (Å²) in [5, 5.41) is 7.19. The van der Waals surface area contributed by atoms with Crippen LogP contribution in [0.25, 0.3) is 5.69 Å². The number of nitrogens with zero attached hydrogens (tertiary/aromatic N) is 3. The van der Waals surface area contributed by atoms with Gasteiger partial charge < -0.3 is 14.8 Å². The van der Waals surface area contributed by atoms with E-state index in [1.807, 2.05) is 6.92 Å². The third-order valence-electron chi connectivity index (χ3n) is 5.03. The number of carbonyl (C=O) groups is 1. The molecule has 3 aromatic rings. The Bertz CT molecular complexity index is 1130. The first kappa shape index (κ1) is 21.8. The lowest BCUT2D eigenvalue weighted by Gasteiger charge is -2.21. The number of fused-ring (bicyclic) bond motifs is 1. The van der Waals surface area contributed by atoms with Gasteiger partial charge in [0.2, 0.25) is 0 Å². The van der Waals surface area contributed by atoms with Gasteiger partial charge in [0.1, 0.15) is 5.75 Å². The Morgan fingerprint density at radius 3 is 2.84 bits per heavy atom. The fraction of sp³-hybridized carbons (Fsp3) is 0.318. The van der Waals surface area contributed by atoms with E-state index in [0.717, 1.165) is 6.07 Å². The molecule has 0 spiro atoms. The third-order valence-corrected chi connectivity index (χ3v) is 5.03. The van der Waals surface area contributed by atoms with Gasteiger partial charge in [-0.25, -0.2) is 4.68 Å². The van der Waals surface area contributed by atoms with Crippen LogP contribution in [-0.2, 0) is 23.9 Å². The summed E-state index contributed by atoms with van der Waals surface area (Å²) in [6, 6.07) is 6.96. The van der Waals surface area contributed by atoms with E-state index in [1.165, 1.54) is 23.0 Å². The Labute approximate surface area is 182 Å². The lowest BCUT2D eigenvalue weighted by Crippen LogP contribution is -2.22. The minimum atomic E-state index is -4.55. The topological polar surface area (TPSA) is 78.3 Å². The normalized spacial score (nSPS) is 15.8. The van der Waals surface area contributed by atoms with Crippen LogP contribution in [0.4, 0.5) is 18.9 Å². The molecule has 1 atom stereocenters. The molecule has 0 saturated heterocycles. The molecule has 0 aliphatic carbocycles. The van der Waals surface area contributed by atoms with Gasteiger partial charge in [-0.3, -0.25) is 9.78 Å². The monoisotopic (exact) mass is 446 g/mol. The zero-order chi connectivity index (χ0) is 22.9. The molecule has 1 amide bonds. The first-order valence-electron chi connectivity index (χ1n) is 10.1. The van der Waals surface area contributed by atoms with Crippen LogP contribution in [0.3, 0.4) is 0 Å². The first-order valence-corrected chi connectivity index (χ1v) is 10.1. The summed E-state index contributed by atoms with van der Waals surface area (Å²) in [4.78, 5) is 16.9. The lowest BCUT2D eigenvalue weighted by atomic mass is 10.0. The smallest absolute Gasteiger partial charge is 0.419 e. The molecular formula is C22H21F3N4O3. The Balaban J connectivity index is 1.78. The number of aromatic nitrogens is 3. The highest BCUT2D eigenvalue weighted by Crippen LogP contribution is 2.38. The highest BCUT2D eigenvalue weighted by Gasteiger charge is 2.35. The second-order valence-electron chi connectivity index (χ2n) is 7.32. The summed E-state index contributed by atoms with van der Waals surface area (Å²) in [6.45, 7) is 3.75. The number of alkyl halides is 3. The summed E-state index contributed by atoms with van der Waals surface area (Å²) in [7, 11) is 0. The maximum Gasteiger partial charge on any atom is 0.419 e. The number of rotatable bonds is 5. The van der Waals surface area contributed by atoms with Crippen molar-refractivity contribution in [2.45, 2.75) is 39.2 Å². The number of anilines is 1. The van der Waals surface area contributed by atoms with Gasteiger partial charge in [0.15, 0.2) is 5.69 Å². The van der Waals surface area contributed by atoms with Crippen LogP contribution in [0.1, 0.15) is 41.2 Å². The van der Waals surface area contributed by atoms with Crippen molar-refractivity contribution in [2.24, 2.45) is 0 Å². The van der Waals surface area contributed by atoms with E-state index in [1.54, 1.807) is 25.3 Å². The van der Waals surface area contributed by atoms with E-state index in [2.05, 4.69) is 15.4 Å². The van der Waals surface area contributed by atoms with Gasteiger partial charge in [-0.1, -0.05) is 0 Å². The molecule has 1 aliphatic heterocycles. The highest BCUT2D eigenvalue weighted by atomic mass is 19.4. The number of halogens is 3. The van der Waals surface area contributed by atoms with E-state index in [-0.39, 0.29) is 30.8 Å². The molecule has 32 heavy (non-hydrogen) atoms. The van der Waals surface area contributed by atoms with Crippen LogP contribution in [0.15, 0.2) is 42.7 Å². The molecule has 2 aromatic heterocycles. The van der Waals surface area contributed by atoms with E-state index in [0.29, 0.717) is 29.1 Å². The summed E-state index contributed by atoms with van der Waals surface area (Å²) >= 11 is 0. The van der Waals surface area contributed by atoms with Crippen molar-refractivity contribution >= 4 is 11.6 Å². The molecule has 0 radical (unpaired) electrons. The fourth-order valence-electron chi connectivity index (χ4n) is 3.58. The van der Waals surface area contributed by atoms with E-state index in [9.17, 15) is 18.0 Å². The van der Waals surface area contributed by atoms with Crippen LogP contribution in [0, 0.1) is 0 Å². The molecule has 3 heterocycles. The van der Waals surface area contributed by atoms with Crippen LogP contribution in [-0.4, -0.2) is 33.4 Å². The molecule has 1 N–H and O–H groups in total. The van der Waals surface area contributed by atoms with E-state index < -0.39 is 17.6 Å². The van der Waals surface area contributed by atoms with Crippen molar-refractivity contribution in [3.8, 4) is 11.4 Å². The number of amides is 1. The zero-order valence-corrected chi connectivity index (χ0v) is 17.4. The summed E-state index contributed by atoms with van der Waals surface area (Å²) < 4.78 is 52.6. The van der Waals surface area contributed by atoms with Gasteiger partial charge >= 0.3 is 6.18 Å². The summed E-state index contributed by atoms with van der Waals surface area (Å²) in [6.07, 6.45) is -1.14. The average Bonchev–Trinajstić information content (AvgIpc) is 3.12. The average molecular weight is 446 g/mol. The molecule has 4 rings (SSSR count). The number of pyridine rings is 1. The highest BCUT2D eigenvalue weighted by molar-refractivity contribution is 6.04. The number of hydrogen-bond acceptors (Lipinski definition) is 5. The SMILES string of the molecule is CCOc1cc(-n2nc(C(=O)Nc3cccnc3)c3c2CC(C)OC3)ccc1C(F)(F)F. The molecule has 168 valence electrons. The third kappa shape index (κ3) is 4.31. The van der Waals surface area contributed by atoms with Crippen molar-refractivity contribution in [2.75, 3.05) is 11.9 Å². The standard InChI is InChI=1S/C22H21F3N4O3/c1-3-31-19-10-15(6-7-17(19)22(23,24)25)29-18-9-13(2)32-12-16(18)20(28-29)21(30)27-14-5-4-8-26-11-14/h4-8,10-11,13H,3,9,12H2,1-2H3,(H,27,30). The van der Waals surface area contributed by atoms with Crippen molar-refractivity contribution in [1.82, 2.24) is 14.8 Å². The summed E-state index contributed by atoms with van der Waals surface area (Å²) in [5.41, 5.74) is 1.46. The minimum Gasteiger partial charge on any atom is -0.493 e. The van der Waals surface area contributed by atoms with Crippen LogP contribution in [0.5, 0.6) is 5.75 Å². The fourth-order valence-corrected chi connectivity index (χ4v) is 3.58. The number of benzene rings is 1. The molecule has 7 nitrogen and oxygen atoms in total. The van der Waals surface area contributed by atoms with Crippen LogP contribution < -0.4 is 10.1 Å². The van der Waals surface area contributed by atoms with Gasteiger partial charge in [0.05, 0.1) is 48.1 Å². The van der Waals surface area contributed by atoms with Crippen molar-refractivity contribution < 1.29 is 27.4 Å². The van der Waals surface area contributed by atoms with E-state index >= 15 is 0 Å². The maximum absolute atomic E-state index is 13.4. The van der Waals surface area contributed by atoms with E-state index in [4.69, 9.17) is 9.47 Å². The van der Waals surface area contributed by atoms with Crippen LogP contribution >= 0.6 is 0 Å². The lowest BCUT2D eigenvalue weighted by molar-refractivity contribution is -0.138. The van der Waals surface area contributed by atoms with Gasteiger partial charge in [-0.15, -0.1) is 0 Å². The predicted molar refractivity (Wildman–Crippen MR) is 110 cm³/mol. The molecule has 1 unspecified atom stereocenters. The summed E-state index contributed by atoms with van der Waals surface area (Å²) in [5.74, 6) is -0.744. The van der Waals surface area contributed by atoms with Gasteiger partial charge in [-0.2, -0.15) is 18.3 Å². The van der Waals surface area contributed by atoms with Crippen molar-refractivity contribution in [3.63, 3.8) is 0 Å². The second-order valence-corrected chi connectivity index (χ2v) is 7.32.